The Balaban J connectivity index is 1.95. The summed E-state index contributed by atoms with van der Waals surface area (Å²) < 4.78 is 0. The molecule has 3 rings (SSSR count). The van der Waals surface area contributed by atoms with E-state index in [9.17, 15) is 0 Å². The molecule has 0 aliphatic carbocycles. The maximum Gasteiger partial charge on any atom is 0.0709 e. The molecule has 0 spiro atoms. The van der Waals surface area contributed by atoms with Gasteiger partial charge in [0, 0.05) is 5.39 Å². The van der Waals surface area contributed by atoms with Crippen LogP contribution in [0.1, 0.15) is 16.8 Å². The van der Waals surface area contributed by atoms with Crippen molar-refractivity contribution in [3.8, 4) is 0 Å². The first kappa shape index (κ1) is 11.7. The summed E-state index contributed by atoms with van der Waals surface area (Å²) in [6.45, 7) is 2.12. The Morgan fingerprint density at radius 2 is 1.58 bits per heavy atom. The summed E-state index contributed by atoms with van der Waals surface area (Å²) >= 11 is 0. The normalized spacial score (nSPS) is 11.2. The van der Waals surface area contributed by atoms with Crippen LogP contribution in [-0.2, 0) is 0 Å². The van der Waals surface area contributed by atoms with Crippen molar-refractivity contribution in [1.82, 2.24) is 4.98 Å². The minimum absolute atomic E-state index is 0.988. The van der Waals surface area contributed by atoms with E-state index < -0.39 is 0 Å². The van der Waals surface area contributed by atoms with Crippen molar-refractivity contribution < 1.29 is 0 Å². The molecular formula is C18H15N. The van der Waals surface area contributed by atoms with Gasteiger partial charge in [-0.25, -0.2) is 4.98 Å². The van der Waals surface area contributed by atoms with Crippen molar-refractivity contribution in [3.63, 3.8) is 0 Å². The zero-order valence-corrected chi connectivity index (χ0v) is 10.9. The summed E-state index contributed by atoms with van der Waals surface area (Å²) in [6, 6.07) is 20.7. The third-order valence-electron chi connectivity index (χ3n) is 3.24. The number of para-hydroxylation sites is 1. The smallest absolute Gasteiger partial charge is 0.0709 e. The number of aryl methyl sites for hydroxylation is 1. The SMILES string of the molecule is Cc1ccccc1/C=C/c1ccc2ccccc2n1. The monoisotopic (exact) mass is 245 g/mol. The molecule has 2 aromatic carbocycles. The van der Waals surface area contributed by atoms with Crippen molar-refractivity contribution in [2.45, 2.75) is 6.92 Å². The Labute approximate surface area is 113 Å². The molecule has 1 nitrogen and oxygen atoms in total. The molecule has 0 radical (unpaired) electrons. The van der Waals surface area contributed by atoms with Gasteiger partial charge >= 0.3 is 0 Å². The maximum absolute atomic E-state index is 4.63. The highest BCUT2D eigenvalue weighted by Crippen LogP contribution is 2.15. The predicted octanol–water partition coefficient (Wildman–Crippen LogP) is 4.71. The van der Waals surface area contributed by atoms with Gasteiger partial charge in [-0.1, -0.05) is 54.6 Å². The number of benzene rings is 2. The van der Waals surface area contributed by atoms with Gasteiger partial charge < -0.3 is 0 Å². The van der Waals surface area contributed by atoms with Gasteiger partial charge in [-0.15, -0.1) is 0 Å². The molecule has 1 heteroatoms. The van der Waals surface area contributed by atoms with E-state index in [0.717, 1.165) is 11.2 Å². The summed E-state index contributed by atoms with van der Waals surface area (Å²) in [5, 5.41) is 1.18. The van der Waals surface area contributed by atoms with Crippen LogP contribution in [0.4, 0.5) is 0 Å². The average Bonchev–Trinajstić information content (AvgIpc) is 2.46. The van der Waals surface area contributed by atoms with E-state index in [1.807, 2.05) is 18.2 Å². The van der Waals surface area contributed by atoms with Crippen LogP contribution in [0, 0.1) is 6.92 Å². The number of hydrogen-bond donors (Lipinski definition) is 0. The molecular weight excluding hydrogens is 230 g/mol. The lowest BCUT2D eigenvalue weighted by Gasteiger charge is -2.00. The fraction of sp³-hybridized carbons (Fsp3) is 0.0556. The molecule has 1 aromatic heterocycles. The second-order valence-electron chi connectivity index (χ2n) is 4.62. The van der Waals surface area contributed by atoms with Crippen LogP contribution in [0.5, 0.6) is 0 Å². The molecule has 0 aliphatic heterocycles. The molecule has 0 N–H and O–H groups in total. The number of pyridine rings is 1. The zero-order valence-electron chi connectivity index (χ0n) is 10.9. The molecule has 0 amide bonds. The Bertz CT molecular complexity index is 741. The Morgan fingerprint density at radius 1 is 0.789 bits per heavy atom. The van der Waals surface area contributed by atoms with E-state index in [1.54, 1.807) is 0 Å². The van der Waals surface area contributed by atoms with Gasteiger partial charge in [0.15, 0.2) is 0 Å². The van der Waals surface area contributed by atoms with Gasteiger partial charge in [0.25, 0.3) is 0 Å². The van der Waals surface area contributed by atoms with Crippen molar-refractivity contribution in [2.75, 3.05) is 0 Å². The molecule has 0 bridgehead atoms. The van der Waals surface area contributed by atoms with Crippen molar-refractivity contribution in [3.05, 3.63) is 77.5 Å². The average molecular weight is 245 g/mol. The maximum atomic E-state index is 4.63. The van der Waals surface area contributed by atoms with E-state index in [0.29, 0.717) is 0 Å². The fourth-order valence-electron chi connectivity index (χ4n) is 2.12. The molecule has 1 heterocycles. The second kappa shape index (κ2) is 5.07. The van der Waals surface area contributed by atoms with E-state index in [2.05, 4.69) is 66.5 Å². The molecule has 0 atom stereocenters. The summed E-state index contributed by atoms with van der Waals surface area (Å²) in [4.78, 5) is 4.63. The first-order chi connectivity index (χ1) is 9.33. The number of aromatic nitrogens is 1. The minimum atomic E-state index is 0.988. The number of rotatable bonds is 2. The quantitative estimate of drug-likeness (QED) is 0.637. The molecule has 0 saturated heterocycles. The summed E-state index contributed by atoms with van der Waals surface area (Å²) in [7, 11) is 0. The molecule has 0 fully saturated rings. The predicted molar refractivity (Wildman–Crippen MR) is 81.9 cm³/mol. The lowest BCUT2D eigenvalue weighted by atomic mass is 10.1. The lowest BCUT2D eigenvalue weighted by Crippen LogP contribution is -1.83. The van der Waals surface area contributed by atoms with E-state index in [4.69, 9.17) is 0 Å². The number of fused-ring (bicyclic) bond motifs is 1. The third-order valence-corrected chi connectivity index (χ3v) is 3.24. The molecule has 19 heavy (non-hydrogen) atoms. The number of hydrogen-bond acceptors (Lipinski definition) is 1. The second-order valence-corrected chi connectivity index (χ2v) is 4.62. The summed E-state index contributed by atoms with van der Waals surface area (Å²) in [5.41, 5.74) is 4.54. The van der Waals surface area contributed by atoms with Gasteiger partial charge in [-0.2, -0.15) is 0 Å². The first-order valence-electron chi connectivity index (χ1n) is 6.42. The van der Waals surface area contributed by atoms with Gasteiger partial charge in [-0.05, 0) is 36.3 Å². The zero-order chi connectivity index (χ0) is 13.1. The minimum Gasteiger partial charge on any atom is -0.248 e. The van der Waals surface area contributed by atoms with Gasteiger partial charge in [0.05, 0.1) is 11.2 Å². The molecule has 0 unspecified atom stereocenters. The molecule has 0 saturated carbocycles. The van der Waals surface area contributed by atoms with Crippen LogP contribution in [0.3, 0.4) is 0 Å². The van der Waals surface area contributed by atoms with E-state index >= 15 is 0 Å². The summed E-state index contributed by atoms with van der Waals surface area (Å²) in [6.07, 6.45) is 4.18. The lowest BCUT2D eigenvalue weighted by molar-refractivity contribution is 1.37. The standard InChI is InChI=1S/C18H15N/c1-14-6-2-3-7-15(14)10-12-17-13-11-16-8-4-5-9-18(16)19-17/h2-13H,1H3/b12-10+. The highest BCUT2D eigenvalue weighted by molar-refractivity contribution is 5.80. The van der Waals surface area contributed by atoms with E-state index in [-0.39, 0.29) is 0 Å². The van der Waals surface area contributed by atoms with Gasteiger partial charge in [-0.3, -0.25) is 0 Å². The Morgan fingerprint density at radius 3 is 2.47 bits per heavy atom. The van der Waals surface area contributed by atoms with Crippen LogP contribution in [-0.4, -0.2) is 4.98 Å². The van der Waals surface area contributed by atoms with Crippen molar-refractivity contribution in [1.29, 1.82) is 0 Å². The Hall–Kier alpha value is -2.41. The molecule has 0 aliphatic rings. The van der Waals surface area contributed by atoms with Crippen LogP contribution in [0.2, 0.25) is 0 Å². The van der Waals surface area contributed by atoms with E-state index in [1.165, 1.54) is 16.5 Å². The Kier molecular flexibility index (Phi) is 3.11. The molecule has 3 aromatic rings. The largest absolute Gasteiger partial charge is 0.248 e. The van der Waals surface area contributed by atoms with Crippen molar-refractivity contribution in [2.24, 2.45) is 0 Å². The highest BCUT2D eigenvalue weighted by Gasteiger charge is 1.95. The summed E-state index contributed by atoms with van der Waals surface area (Å²) in [5.74, 6) is 0. The van der Waals surface area contributed by atoms with Crippen molar-refractivity contribution >= 4 is 23.1 Å². The third kappa shape index (κ3) is 2.55. The first-order valence-corrected chi connectivity index (χ1v) is 6.42. The number of nitrogens with zero attached hydrogens (tertiary/aromatic N) is 1. The topological polar surface area (TPSA) is 12.9 Å². The fourth-order valence-corrected chi connectivity index (χ4v) is 2.12. The highest BCUT2D eigenvalue weighted by atomic mass is 14.7. The van der Waals surface area contributed by atoms with Gasteiger partial charge in [0.1, 0.15) is 0 Å². The van der Waals surface area contributed by atoms with Crippen LogP contribution < -0.4 is 0 Å². The van der Waals surface area contributed by atoms with Crippen LogP contribution >= 0.6 is 0 Å². The van der Waals surface area contributed by atoms with Crippen LogP contribution in [0.25, 0.3) is 23.1 Å². The van der Waals surface area contributed by atoms with Gasteiger partial charge in [0.2, 0.25) is 0 Å². The van der Waals surface area contributed by atoms with Crippen LogP contribution in [0.15, 0.2) is 60.7 Å². The molecule has 92 valence electrons.